The molecule has 106 valence electrons. The smallest absolute Gasteiger partial charge is 0.119 e. The number of nitrogens with zero attached hydrogens (tertiary/aromatic N) is 1. The largest absolute Gasteiger partial charge is 0.497 e. The van der Waals surface area contributed by atoms with Gasteiger partial charge in [-0.15, -0.1) is 0 Å². The van der Waals surface area contributed by atoms with Crippen molar-refractivity contribution >= 4 is 0 Å². The van der Waals surface area contributed by atoms with Gasteiger partial charge in [-0.25, -0.2) is 0 Å². The van der Waals surface area contributed by atoms with Crippen LogP contribution in [0.4, 0.5) is 0 Å². The minimum atomic E-state index is -0.242. The Morgan fingerprint density at radius 2 is 2.32 bits per heavy atom. The number of nitrogens with two attached hydrogens (primary N) is 1. The first-order valence-electron chi connectivity index (χ1n) is 6.91. The molecule has 1 aliphatic heterocycles. The second-order valence-electron chi connectivity index (χ2n) is 5.31. The summed E-state index contributed by atoms with van der Waals surface area (Å²) in [6.45, 7) is 4.36. The Bertz CT molecular complexity index is 409. The SMILES string of the molecule is COc1cccc(C(CN)N2CCC(C(C)O)C2)c1. The molecular weight excluding hydrogens is 240 g/mol. The number of benzene rings is 1. The molecule has 19 heavy (non-hydrogen) atoms. The average Bonchev–Trinajstić information content (AvgIpc) is 2.90. The van der Waals surface area contributed by atoms with E-state index in [4.69, 9.17) is 10.5 Å². The van der Waals surface area contributed by atoms with Crippen molar-refractivity contribution < 1.29 is 9.84 Å². The number of ether oxygens (including phenoxy) is 1. The maximum Gasteiger partial charge on any atom is 0.119 e. The molecule has 3 atom stereocenters. The fraction of sp³-hybridized carbons (Fsp3) is 0.600. The van der Waals surface area contributed by atoms with Gasteiger partial charge in [-0.05, 0) is 43.5 Å². The first-order valence-corrected chi connectivity index (χ1v) is 6.91. The molecular formula is C15H24N2O2. The van der Waals surface area contributed by atoms with Gasteiger partial charge < -0.3 is 15.6 Å². The average molecular weight is 264 g/mol. The molecule has 4 nitrogen and oxygen atoms in total. The van der Waals surface area contributed by atoms with Gasteiger partial charge >= 0.3 is 0 Å². The molecule has 0 bridgehead atoms. The van der Waals surface area contributed by atoms with E-state index in [1.165, 1.54) is 5.56 Å². The molecule has 1 fully saturated rings. The van der Waals surface area contributed by atoms with Crippen LogP contribution in [-0.4, -0.2) is 42.9 Å². The molecule has 1 saturated heterocycles. The van der Waals surface area contributed by atoms with Crippen molar-refractivity contribution in [1.82, 2.24) is 4.90 Å². The Hall–Kier alpha value is -1.10. The summed E-state index contributed by atoms with van der Waals surface area (Å²) in [5.41, 5.74) is 7.14. The molecule has 1 aromatic rings. The van der Waals surface area contributed by atoms with Gasteiger partial charge in [0.15, 0.2) is 0 Å². The van der Waals surface area contributed by atoms with Gasteiger partial charge in [0.25, 0.3) is 0 Å². The third kappa shape index (κ3) is 3.26. The minimum Gasteiger partial charge on any atom is -0.497 e. The summed E-state index contributed by atoms with van der Waals surface area (Å²) in [7, 11) is 1.68. The maximum atomic E-state index is 9.70. The third-order valence-corrected chi connectivity index (χ3v) is 4.08. The van der Waals surface area contributed by atoms with E-state index < -0.39 is 0 Å². The normalized spacial score (nSPS) is 23.3. The zero-order valence-corrected chi connectivity index (χ0v) is 11.7. The second kappa shape index (κ2) is 6.37. The highest BCUT2D eigenvalue weighted by Gasteiger charge is 2.30. The van der Waals surface area contributed by atoms with Crippen LogP contribution in [0.15, 0.2) is 24.3 Å². The number of methoxy groups -OCH3 is 1. The monoisotopic (exact) mass is 264 g/mol. The number of rotatable bonds is 5. The summed E-state index contributed by atoms with van der Waals surface area (Å²) >= 11 is 0. The van der Waals surface area contributed by atoms with Crippen LogP contribution in [0.5, 0.6) is 5.75 Å². The van der Waals surface area contributed by atoms with Crippen LogP contribution < -0.4 is 10.5 Å². The van der Waals surface area contributed by atoms with E-state index in [1.807, 2.05) is 25.1 Å². The topological polar surface area (TPSA) is 58.7 Å². The van der Waals surface area contributed by atoms with E-state index in [2.05, 4.69) is 11.0 Å². The lowest BCUT2D eigenvalue weighted by Gasteiger charge is -2.27. The molecule has 0 radical (unpaired) electrons. The van der Waals surface area contributed by atoms with Crippen LogP contribution in [-0.2, 0) is 0 Å². The molecule has 4 heteroatoms. The molecule has 1 heterocycles. The van der Waals surface area contributed by atoms with Crippen molar-refractivity contribution in [3.63, 3.8) is 0 Å². The summed E-state index contributed by atoms with van der Waals surface area (Å²) in [4.78, 5) is 2.37. The predicted octanol–water partition coefficient (Wildman–Crippen LogP) is 1.40. The zero-order chi connectivity index (χ0) is 13.8. The van der Waals surface area contributed by atoms with E-state index in [0.717, 1.165) is 25.3 Å². The summed E-state index contributed by atoms with van der Waals surface area (Å²) in [5, 5.41) is 9.70. The molecule has 3 unspecified atom stereocenters. The molecule has 0 spiro atoms. The van der Waals surface area contributed by atoms with Crippen molar-refractivity contribution in [3.8, 4) is 5.75 Å². The molecule has 0 saturated carbocycles. The maximum absolute atomic E-state index is 9.70. The molecule has 1 aromatic carbocycles. The highest BCUT2D eigenvalue weighted by molar-refractivity contribution is 5.31. The molecule has 0 aromatic heterocycles. The predicted molar refractivity (Wildman–Crippen MR) is 76.2 cm³/mol. The van der Waals surface area contributed by atoms with E-state index in [1.54, 1.807) is 7.11 Å². The number of aliphatic hydroxyl groups is 1. The summed E-state index contributed by atoms with van der Waals surface area (Å²) in [6.07, 6.45) is 0.798. The highest BCUT2D eigenvalue weighted by atomic mass is 16.5. The van der Waals surface area contributed by atoms with E-state index in [9.17, 15) is 5.11 Å². The van der Waals surface area contributed by atoms with Crippen molar-refractivity contribution in [3.05, 3.63) is 29.8 Å². The Labute approximate surface area is 115 Å². The standard InChI is InChI=1S/C15H24N2O2/c1-11(18)13-6-7-17(10-13)15(9-16)12-4-3-5-14(8-12)19-2/h3-5,8,11,13,15,18H,6-7,9-10,16H2,1-2H3. The van der Waals surface area contributed by atoms with Crippen LogP contribution >= 0.6 is 0 Å². The molecule has 2 rings (SSSR count). The van der Waals surface area contributed by atoms with E-state index in [0.29, 0.717) is 12.5 Å². The number of hydrogen-bond acceptors (Lipinski definition) is 4. The molecule has 1 aliphatic rings. The first kappa shape index (κ1) is 14.3. The van der Waals surface area contributed by atoms with Gasteiger partial charge in [-0.1, -0.05) is 12.1 Å². The van der Waals surface area contributed by atoms with Crippen LogP contribution in [0.3, 0.4) is 0 Å². The van der Waals surface area contributed by atoms with Crippen LogP contribution in [0.25, 0.3) is 0 Å². The van der Waals surface area contributed by atoms with Gasteiger partial charge in [0.1, 0.15) is 5.75 Å². The van der Waals surface area contributed by atoms with Crippen LogP contribution in [0, 0.1) is 5.92 Å². The second-order valence-corrected chi connectivity index (χ2v) is 5.31. The van der Waals surface area contributed by atoms with Crippen LogP contribution in [0.2, 0.25) is 0 Å². The summed E-state index contributed by atoms with van der Waals surface area (Å²) in [5.74, 6) is 1.22. The molecule has 3 N–H and O–H groups in total. The number of aliphatic hydroxyl groups excluding tert-OH is 1. The molecule has 0 aliphatic carbocycles. The summed E-state index contributed by atoms with van der Waals surface area (Å²) in [6, 6.07) is 8.29. The third-order valence-electron chi connectivity index (χ3n) is 4.08. The Morgan fingerprint density at radius 1 is 1.53 bits per heavy atom. The number of hydrogen-bond donors (Lipinski definition) is 2. The number of likely N-dealkylation sites (tertiary alicyclic amines) is 1. The van der Waals surface area contributed by atoms with Gasteiger partial charge in [-0.2, -0.15) is 0 Å². The van der Waals surface area contributed by atoms with Crippen molar-refractivity contribution in [2.45, 2.75) is 25.5 Å². The lowest BCUT2D eigenvalue weighted by Crippen LogP contribution is -2.33. The van der Waals surface area contributed by atoms with E-state index in [-0.39, 0.29) is 12.1 Å². The van der Waals surface area contributed by atoms with Gasteiger partial charge in [0, 0.05) is 19.1 Å². The Balaban J connectivity index is 2.11. The molecule has 0 amide bonds. The summed E-state index contributed by atoms with van der Waals surface area (Å²) < 4.78 is 5.27. The van der Waals surface area contributed by atoms with Crippen molar-refractivity contribution in [2.75, 3.05) is 26.7 Å². The minimum absolute atomic E-state index is 0.207. The van der Waals surface area contributed by atoms with Crippen molar-refractivity contribution in [1.29, 1.82) is 0 Å². The quantitative estimate of drug-likeness (QED) is 0.844. The zero-order valence-electron chi connectivity index (χ0n) is 11.7. The van der Waals surface area contributed by atoms with Gasteiger partial charge in [0.05, 0.1) is 13.2 Å². The fourth-order valence-electron chi connectivity index (χ4n) is 2.84. The fourth-order valence-corrected chi connectivity index (χ4v) is 2.84. The van der Waals surface area contributed by atoms with Gasteiger partial charge in [0.2, 0.25) is 0 Å². The Kier molecular flexibility index (Phi) is 4.80. The first-order chi connectivity index (χ1) is 9.15. The lowest BCUT2D eigenvalue weighted by molar-refractivity contribution is 0.122. The van der Waals surface area contributed by atoms with E-state index >= 15 is 0 Å². The van der Waals surface area contributed by atoms with Gasteiger partial charge in [-0.3, -0.25) is 4.90 Å². The van der Waals surface area contributed by atoms with Crippen molar-refractivity contribution in [2.24, 2.45) is 11.7 Å². The lowest BCUT2D eigenvalue weighted by atomic mass is 10.0. The highest BCUT2D eigenvalue weighted by Crippen LogP contribution is 2.30. The van der Waals surface area contributed by atoms with Crippen LogP contribution in [0.1, 0.15) is 24.9 Å². The Morgan fingerprint density at radius 3 is 2.89 bits per heavy atom.